The molecule has 19 heavy (non-hydrogen) atoms. The van der Waals surface area contributed by atoms with Crippen LogP contribution in [0.2, 0.25) is 0 Å². The molecule has 1 nitrogen and oxygen atoms in total. The third kappa shape index (κ3) is 5.55. The first-order valence-corrected chi connectivity index (χ1v) is 7.32. The molecule has 1 N–H and O–H groups in total. The summed E-state index contributed by atoms with van der Waals surface area (Å²) in [6.07, 6.45) is 3.21. The molecule has 3 atom stereocenters. The van der Waals surface area contributed by atoms with Crippen molar-refractivity contribution in [3.05, 3.63) is 12.7 Å². The Labute approximate surface area is 113 Å². The van der Waals surface area contributed by atoms with E-state index in [2.05, 4.69) is 6.58 Å². The molecule has 112 valence electrons. The average molecular weight is 278 g/mol. The van der Waals surface area contributed by atoms with E-state index in [4.69, 9.17) is 0 Å². The standard InChI is InChI=1S/C15H25F3O/c1-2-3-4-5-6-11-14(19)12-9-7-8-10-13(12)15(16,17)18/h2,12-14,19H,1,3-11H2. The Kier molecular flexibility index (Phi) is 6.90. The van der Waals surface area contributed by atoms with Crippen molar-refractivity contribution in [3.63, 3.8) is 0 Å². The molecule has 0 bridgehead atoms. The van der Waals surface area contributed by atoms with Gasteiger partial charge in [-0.1, -0.05) is 31.8 Å². The highest BCUT2D eigenvalue weighted by Crippen LogP contribution is 2.43. The first kappa shape index (κ1) is 16.5. The van der Waals surface area contributed by atoms with Crippen LogP contribution in [0, 0.1) is 11.8 Å². The van der Waals surface area contributed by atoms with Crippen molar-refractivity contribution < 1.29 is 18.3 Å². The van der Waals surface area contributed by atoms with E-state index in [-0.39, 0.29) is 6.42 Å². The van der Waals surface area contributed by atoms with Crippen molar-refractivity contribution in [2.24, 2.45) is 11.8 Å². The lowest BCUT2D eigenvalue weighted by molar-refractivity contribution is -0.207. The molecule has 0 saturated heterocycles. The maximum atomic E-state index is 12.9. The highest BCUT2D eigenvalue weighted by atomic mass is 19.4. The molecular weight excluding hydrogens is 253 g/mol. The number of hydrogen-bond acceptors (Lipinski definition) is 1. The van der Waals surface area contributed by atoms with Crippen LogP contribution >= 0.6 is 0 Å². The van der Waals surface area contributed by atoms with E-state index in [0.717, 1.165) is 32.1 Å². The fourth-order valence-electron chi connectivity index (χ4n) is 3.06. The van der Waals surface area contributed by atoms with Crippen LogP contribution in [-0.4, -0.2) is 17.4 Å². The number of rotatable bonds is 7. The molecule has 4 heteroatoms. The molecule has 0 aromatic carbocycles. The predicted molar refractivity (Wildman–Crippen MR) is 70.8 cm³/mol. The summed E-state index contributed by atoms with van der Waals surface area (Å²) in [6, 6.07) is 0. The molecule has 0 amide bonds. The zero-order valence-corrected chi connectivity index (χ0v) is 11.5. The van der Waals surface area contributed by atoms with Crippen molar-refractivity contribution in [3.8, 4) is 0 Å². The van der Waals surface area contributed by atoms with E-state index in [0.29, 0.717) is 19.3 Å². The molecule has 1 saturated carbocycles. The number of unbranched alkanes of at least 4 members (excludes halogenated alkanes) is 3. The van der Waals surface area contributed by atoms with Crippen LogP contribution in [0.5, 0.6) is 0 Å². The number of alkyl halides is 3. The third-order valence-electron chi connectivity index (χ3n) is 4.14. The predicted octanol–water partition coefficient (Wildman–Crippen LogP) is 4.85. The maximum absolute atomic E-state index is 12.9. The largest absolute Gasteiger partial charge is 0.393 e. The lowest BCUT2D eigenvalue weighted by Gasteiger charge is -2.36. The van der Waals surface area contributed by atoms with Gasteiger partial charge in [0.1, 0.15) is 0 Å². The van der Waals surface area contributed by atoms with Crippen molar-refractivity contribution in [1.82, 2.24) is 0 Å². The van der Waals surface area contributed by atoms with Gasteiger partial charge < -0.3 is 5.11 Å². The van der Waals surface area contributed by atoms with E-state index >= 15 is 0 Å². The monoisotopic (exact) mass is 278 g/mol. The summed E-state index contributed by atoms with van der Waals surface area (Å²) < 4.78 is 38.8. The van der Waals surface area contributed by atoms with Crippen LogP contribution in [0.4, 0.5) is 13.2 Å². The third-order valence-corrected chi connectivity index (χ3v) is 4.14. The van der Waals surface area contributed by atoms with Crippen molar-refractivity contribution in [2.75, 3.05) is 0 Å². The number of allylic oxidation sites excluding steroid dienone is 1. The minimum Gasteiger partial charge on any atom is -0.393 e. The van der Waals surface area contributed by atoms with E-state index in [1.807, 2.05) is 6.08 Å². The smallest absolute Gasteiger partial charge is 0.392 e. The van der Waals surface area contributed by atoms with Gasteiger partial charge in [0.15, 0.2) is 0 Å². The molecule has 0 aromatic rings. The molecule has 0 heterocycles. The van der Waals surface area contributed by atoms with Gasteiger partial charge in [-0.25, -0.2) is 0 Å². The Morgan fingerprint density at radius 3 is 2.47 bits per heavy atom. The molecule has 1 rings (SSSR count). The normalized spacial score (nSPS) is 26.1. The maximum Gasteiger partial charge on any atom is 0.392 e. The highest BCUT2D eigenvalue weighted by molar-refractivity contribution is 4.85. The van der Waals surface area contributed by atoms with Gasteiger partial charge in [0.05, 0.1) is 12.0 Å². The second-order valence-corrected chi connectivity index (χ2v) is 5.59. The molecule has 1 aliphatic carbocycles. The van der Waals surface area contributed by atoms with Crippen molar-refractivity contribution >= 4 is 0 Å². The van der Waals surface area contributed by atoms with Gasteiger partial charge in [0.25, 0.3) is 0 Å². The summed E-state index contributed by atoms with van der Waals surface area (Å²) in [5.74, 6) is -1.89. The van der Waals surface area contributed by atoms with Gasteiger partial charge in [-0.3, -0.25) is 0 Å². The zero-order valence-electron chi connectivity index (χ0n) is 11.5. The van der Waals surface area contributed by atoms with Crippen LogP contribution in [0.3, 0.4) is 0 Å². The number of hydrogen-bond donors (Lipinski definition) is 1. The summed E-state index contributed by atoms with van der Waals surface area (Å²) >= 11 is 0. The molecule has 0 spiro atoms. The Bertz CT molecular complexity index is 263. The minimum absolute atomic E-state index is 0.182. The number of halogens is 3. The van der Waals surface area contributed by atoms with E-state index in [1.54, 1.807) is 0 Å². The molecular formula is C15H25F3O. The van der Waals surface area contributed by atoms with Gasteiger partial charge in [0, 0.05) is 0 Å². The van der Waals surface area contributed by atoms with Gasteiger partial charge in [-0.2, -0.15) is 13.2 Å². The topological polar surface area (TPSA) is 20.2 Å². The molecule has 0 aromatic heterocycles. The lowest BCUT2D eigenvalue weighted by Crippen LogP contribution is -2.39. The van der Waals surface area contributed by atoms with E-state index < -0.39 is 24.1 Å². The summed E-state index contributed by atoms with van der Waals surface area (Å²) in [4.78, 5) is 0. The summed E-state index contributed by atoms with van der Waals surface area (Å²) in [5.41, 5.74) is 0. The van der Waals surface area contributed by atoms with Crippen LogP contribution in [0.25, 0.3) is 0 Å². The second-order valence-electron chi connectivity index (χ2n) is 5.59. The van der Waals surface area contributed by atoms with Gasteiger partial charge in [0.2, 0.25) is 0 Å². The van der Waals surface area contributed by atoms with Crippen molar-refractivity contribution in [2.45, 2.75) is 70.1 Å². The Morgan fingerprint density at radius 2 is 1.84 bits per heavy atom. The van der Waals surface area contributed by atoms with E-state index in [1.165, 1.54) is 0 Å². The summed E-state index contributed by atoms with van der Waals surface area (Å²) in [7, 11) is 0. The van der Waals surface area contributed by atoms with Gasteiger partial charge >= 0.3 is 6.18 Å². The average Bonchev–Trinajstić information content (AvgIpc) is 2.37. The van der Waals surface area contributed by atoms with Crippen LogP contribution in [0.1, 0.15) is 57.8 Å². The first-order chi connectivity index (χ1) is 8.96. The molecule has 1 fully saturated rings. The minimum atomic E-state index is -4.16. The summed E-state index contributed by atoms with van der Waals surface area (Å²) in [5, 5.41) is 10.0. The highest BCUT2D eigenvalue weighted by Gasteiger charge is 2.47. The summed E-state index contributed by atoms with van der Waals surface area (Å²) in [6.45, 7) is 3.63. The number of aliphatic hydroxyl groups is 1. The Morgan fingerprint density at radius 1 is 1.16 bits per heavy atom. The molecule has 1 aliphatic rings. The van der Waals surface area contributed by atoms with E-state index in [9.17, 15) is 18.3 Å². The quantitative estimate of drug-likeness (QED) is 0.521. The number of aliphatic hydroxyl groups excluding tert-OH is 1. The SMILES string of the molecule is C=CCCCCCC(O)C1CCCCC1C(F)(F)F. The molecule has 3 unspecified atom stereocenters. The Balaban J connectivity index is 2.39. The second kappa shape index (κ2) is 7.93. The fourth-order valence-corrected chi connectivity index (χ4v) is 3.06. The first-order valence-electron chi connectivity index (χ1n) is 7.32. The lowest BCUT2D eigenvalue weighted by atomic mass is 9.74. The van der Waals surface area contributed by atoms with Crippen LogP contribution in [0.15, 0.2) is 12.7 Å². The van der Waals surface area contributed by atoms with Crippen molar-refractivity contribution in [1.29, 1.82) is 0 Å². The molecule has 0 aliphatic heterocycles. The van der Waals surface area contributed by atoms with Crippen LogP contribution in [-0.2, 0) is 0 Å². The zero-order chi connectivity index (χ0) is 14.3. The Hall–Kier alpha value is -0.510. The van der Waals surface area contributed by atoms with Gasteiger partial charge in [-0.15, -0.1) is 6.58 Å². The molecule has 0 radical (unpaired) electrons. The fraction of sp³-hybridized carbons (Fsp3) is 0.867. The van der Waals surface area contributed by atoms with Gasteiger partial charge in [-0.05, 0) is 38.0 Å². The van der Waals surface area contributed by atoms with Crippen LogP contribution < -0.4 is 0 Å².